The summed E-state index contributed by atoms with van der Waals surface area (Å²) < 4.78 is 15.4. The van der Waals surface area contributed by atoms with Gasteiger partial charge in [0, 0.05) is 71.5 Å². The van der Waals surface area contributed by atoms with Gasteiger partial charge < -0.3 is 40.0 Å². The lowest BCUT2D eigenvalue weighted by Gasteiger charge is -2.32. The molecule has 6 N–H and O–H groups in total. The number of nitrogens with zero attached hydrogens (tertiary/aromatic N) is 5. The Morgan fingerprint density at radius 2 is 1.16 bits per heavy atom. The third-order valence-corrected chi connectivity index (χ3v) is 7.21. The van der Waals surface area contributed by atoms with E-state index in [4.69, 9.17) is 19.3 Å². The fourth-order valence-electron chi connectivity index (χ4n) is 4.67. The van der Waals surface area contributed by atoms with Crippen molar-refractivity contribution < 1.29 is 63.4 Å². The van der Waals surface area contributed by atoms with Crippen molar-refractivity contribution in [1.82, 2.24) is 35.4 Å². The van der Waals surface area contributed by atoms with E-state index in [9.17, 15) is 44.1 Å². The van der Waals surface area contributed by atoms with E-state index >= 15 is 0 Å². The molecular formula is C30H47N7O13. The van der Waals surface area contributed by atoms with Gasteiger partial charge in [-0.3, -0.25) is 49.0 Å². The quantitative estimate of drug-likeness (QED) is 0.0298. The highest BCUT2D eigenvalue weighted by Crippen LogP contribution is 2.13. The van der Waals surface area contributed by atoms with Gasteiger partial charge >= 0.3 is 24.1 Å². The number of carboxylic acid groups (broad SMARTS) is 3. The number of aliphatic hydroxyl groups is 1. The molecule has 1 aliphatic heterocycles. The van der Waals surface area contributed by atoms with E-state index in [1.807, 2.05) is 0 Å². The minimum atomic E-state index is -1.04. The minimum absolute atomic E-state index is 0.0251. The Labute approximate surface area is 289 Å². The van der Waals surface area contributed by atoms with Gasteiger partial charge in [0.15, 0.2) is 0 Å². The average Bonchev–Trinajstić information content (AvgIpc) is 3.05. The molecule has 2 rings (SSSR count). The van der Waals surface area contributed by atoms with Crippen molar-refractivity contribution >= 4 is 35.9 Å². The number of carbonyl (C=O) groups excluding carboxylic acids is 3. The second-order valence-electron chi connectivity index (χ2n) is 11.3. The van der Waals surface area contributed by atoms with E-state index in [-0.39, 0.29) is 116 Å². The molecular weight excluding hydrogens is 666 g/mol. The zero-order valence-electron chi connectivity index (χ0n) is 28.0. The zero-order chi connectivity index (χ0) is 36.9. The van der Waals surface area contributed by atoms with Crippen molar-refractivity contribution in [3.63, 3.8) is 0 Å². The second-order valence-corrected chi connectivity index (χ2v) is 11.3. The van der Waals surface area contributed by atoms with Crippen molar-refractivity contribution in [2.45, 2.75) is 0 Å². The highest BCUT2D eigenvalue weighted by atomic mass is 16.7. The molecule has 2 amide bonds. The van der Waals surface area contributed by atoms with Crippen LogP contribution in [0.2, 0.25) is 0 Å². The Morgan fingerprint density at radius 3 is 1.60 bits per heavy atom. The summed E-state index contributed by atoms with van der Waals surface area (Å²) in [5, 5.41) is 40.9. The van der Waals surface area contributed by atoms with Crippen LogP contribution in [0, 0.1) is 0 Å². The number of rotatable bonds is 18. The summed E-state index contributed by atoms with van der Waals surface area (Å²) in [5.74, 6) is -3.76. The molecule has 0 unspecified atom stereocenters. The van der Waals surface area contributed by atoms with Gasteiger partial charge in [0.25, 0.3) is 5.91 Å². The Hall–Kier alpha value is -4.44. The van der Waals surface area contributed by atoms with E-state index < -0.39 is 30.0 Å². The maximum atomic E-state index is 12.7. The van der Waals surface area contributed by atoms with E-state index in [0.717, 1.165) is 0 Å². The van der Waals surface area contributed by atoms with Crippen LogP contribution in [0.1, 0.15) is 10.4 Å². The number of aliphatic hydroxyl groups excluding tert-OH is 1. The van der Waals surface area contributed by atoms with Crippen molar-refractivity contribution in [2.24, 2.45) is 0 Å². The summed E-state index contributed by atoms with van der Waals surface area (Å²) in [7, 11) is 1.48. The van der Waals surface area contributed by atoms with Gasteiger partial charge in [0.1, 0.15) is 19.1 Å². The summed E-state index contributed by atoms with van der Waals surface area (Å²) in [4.78, 5) is 77.7. The van der Waals surface area contributed by atoms with Gasteiger partial charge in [-0.2, -0.15) is 5.01 Å². The Kier molecular flexibility index (Phi) is 19.2. The number of hydrazine groups is 1. The highest BCUT2D eigenvalue weighted by Gasteiger charge is 2.21. The number of nitrogens with one attached hydrogen (secondary N) is 2. The lowest BCUT2D eigenvalue weighted by molar-refractivity contribution is -0.140. The van der Waals surface area contributed by atoms with Crippen LogP contribution in [-0.4, -0.2) is 200 Å². The van der Waals surface area contributed by atoms with E-state index in [1.54, 1.807) is 19.6 Å². The molecule has 0 aliphatic carbocycles. The molecule has 0 saturated carbocycles. The normalized spacial score (nSPS) is 15.7. The van der Waals surface area contributed by atoms with Crippen molar-refractivity contribution in [2.75, 3.05) is 119 Å². The molecule has 0 spiro atoms. The topological polar surface area (TPSA) is 251 Å². The molecule has 20 nitrogen and oxygen atoms in total. The molecule has 1 heterocycles. The number of benzene rings is 1. The molecule has 0 atom stereocenters. The first-order valence-corrected chi connectivity index (χ1v) is 15.8. The van der Waals surface area contributed by atoms with Crippen LogP contribution in [0.25, 0.3) is 0 Å². The Bertz CT molecular complexity index is 1220. The third-order valence-electron chi connectivity index (χ3n) is 7.21. The molecule has 1 fully saturated rings. The van der Waals surface area contributed by atoms with E-state index in [0.29, 0.717) is 13.1 Å². The number of amides is 2. The average molecular weight is 714 g/mol. The van der Waals surface area contributed by atoms with Crippen LogP contribution in [0.4, 0.5) is 4.79 Å². The van der Waals surface area contributed by atoms with E-state index in [2.05, 4.69) is 10.7 Å². The Morgan fingerprint density at radius 1 is 0.700 bits per heavy atom. The first kappa shape index (κ1) is 41.7. The summed E-state index contributed by atoms with van der Waals surface area (Å²) >= 11 is 0. The second kappa shape index (κ2) is 23.1. The third kappa shape index (κ3) is 18.4. The predicted molar refractivity (Wildman–Crippen MR) is 173 cm³/mol. The molecule has 1 saturated heterocycles. The minimum Gasteiger partial charge on any atom is -0.480 e. The summed E-state index contributed by atoms with van der Waals surface area (Å²) in [6.45, 7) is 1.28. The van der Waals surface area contributed by atoms with Crippen molar-refractivity contribution in [1.29, 1.82) is 0 Å². The number of hydrogen-bond donors (Lipinski definition) is 6. The van der Waals surface area contributed by atoms with Gasteiger partial charge in [0.2, 0.25) is 5.91 Å². The first-order chi connectivity index (χ1) is 23.8. The molecule has 0 bridgehead atoms. The lowest BCUT2D eigenvalue weighted by Crippen LogP contribution is -2.50. The Balaban J connectivity index is 1.76. The van der Waals surface area contributed by atoms with Gasteiger partial charge in [-0.05, 0) is 24.3 Å². The van der Waals surface area contributed by atoms with Gasteiger partial charge in [0.05, 0.1) is 39.4 Å². The van der Waals surface area contributed by atoms with Gasteiger partial charge in [-0.25, -0.2) is 4.79 Å². The van der Waals surface area contributed by atoms with Gasteiger partial charge in [-0.15, -0.1) is 0 Å². The number of ether oxygens (including phenoxy) is 3. The monoisotopic (exact) mass is 713 g/mol. The number of aliphatic carboxylic acids is 3. The molecule has 50 heavy (non-hydrogen) atoms. The molecule has 1 aromatic carbocycles. The molecule has 1 aromatic rings. The number of hydrogen-bond acceptors (Lipinski definition) is 15. The number of carboxylic acids is 3. The molecule has 0 radical (unpaired) electrons. The summed E-state index contributed by atoms with van der Waals surface area (Å²) in [6, 6.07) is 5.67. The first-order valence-electron chi connectivity index (χ1n) is 15.8. The fourth-order valence-corrected chi connectivity index (χ4v) is 4.67. The molecule has 280 valence electrons. The standard InChI is InChI=1S/C30H47N7O13/c1-33(22-38)32-29(46)23-2-4-24(5-3-23)50-30(47)49-17-16-48-15-6-31-25(39)18-34-7-9-35(19-26(40)41)11-13-37(21-28(44)45)14-12-36(10-8-34)20-27(42)43/h2-5,38H,6-22H2,1H3,(H,31,39)(H,32,46)(H,40,41)(H,42,43)(H,44,45). The molecule has 1 aliphatic rings. The zero-order valence-corrected chi connectivity index (χ0v) is 28.0. The van der Waals surface area contributed by atoms with E-state index in [1.165, 1.54) is 36.3 Å². The highest BCUT2D eigenvalue weighted by molar-refractivity contribution is 5.94. The van der Waals surface area contributed by atoms with Gasteiger partial charge in [-0.1, -0.05) is 0 Å². The smallest absolute Gasteiger partial charge is 0.480 e. The lowest BCUT2D eigenvalue weighted by atomic mass is 10.2. The molecule has 20 heteroatoms. The summed E-state index contributed by atoms with van der Waals surface area (Å²) in [5.41, 5.74) is 2.71. The van der Waals surface area contributed by atoms with Crippen LogP contribution in [0.5, 0.6) is 5.75 Å². The van der Waals surface area contributed by atoms with Crippen LogP contribution in [0.15, 0.2) is 24.3 Å². The number of carbonyl (C=O) groups is 6. The predicted octanol–water partition coefficient (Wildman–Crippen LogP) is -2.66. The maximum absolute atomic E-state index is 12.7. The summed E-state index contributed by atoms with van der Waals surface area (Å²) in [6.07, 6.45) is -0.980. The van der Waals surface area contributed by atoms with Crippen LogP contribution >= 0.6 is 0 Å². The fraction of sp³-hybridized carbons (Fsp3) is 0.600. The van der Waals surface area contributed by atoms with Crippen LogP contribution in [-0.2, 0) is 28.7 Å². The maximum Gasteiger partial charge on any atom is 0.513 e. The van der Waals surface area contributed by atoms with Crippen LogP contribution < -0.4 is 15.5 Å². The van der Waals surface area contributed by atoms with Crippen molar-refractivity contribution in [3.8, 4) is 5.75 Å². The molecule has 0 aromatic heterocycles. The largest absolute Gasteiger partial charge is 0.513 e. The SMILES string of the molecule is CN(CO)NC(=O)c1ccc(OC(=O)OCCOCCNC(=O)CN2CCN(CC(=O)O)CCN(CC(=O)O)CCN(CC(=O)O)CC2)cc1. The van der Waals surface area contributed by atoms with Crippen molar-refractivity contribution in [3.05, 3.63) is 29.8 Å². The van der Waals surface area contributed by atoms with Crippen LogP contribution in [0.3, 0.4) is 0 Å².